The lowest BCUT2D eigenvalue weighted by Gasteiger charge is -2.20. The molecular weight excluding hydrogens is 296 g/mol. The van der Waals surface area contributed by atoms with Crippen LogP contribution in [-0.4, -0.2) is 42.2 Å². The summed E-state index contributed by atoms with van der Waals surface area (Å²) < 4.78 is 0. The van der Waals surface area contributed by atoms with Gasteiger partial charge in [-0.3, -0.25) is 9.59 Å². The number of phenols is 6. The Bertz CT molecular complexity index is 812. The number of hydrogen-bond donors (Lipinski definition) is 6. The number of ketones is 2. The maximum Gasteiger partial charge on any atom is 0.202 e. The minimum Gasteiger partial charge on any atom is -0.504 e. The van der Waals surface area contributed by atoms with E-state index in [1.165, 1.54) is 0 Å². The zero-order chi connectivity index (χ0) is 16.3. The van der Waals surface area contributed by atoms with Crippen molar-refractivity contribution in [2.45, 2.75) is 0 Å². The number of hydrogen-bond acceptors (Lipinski definition) is 8. The van der Waals surface area contributed by atoms with Gasteiger partial charge in [0, 0.05) is 11.1 Å². The van der Waals surface area contributed by atoms with E-state index < -0.39 is 68.3 Å². The zero-order valence-corrected chi connectivity index (χ0v) is 10.7. The monoisotopic (exact) mass is 304 g/mol. The summed E-state index contributed by atoms with van der Waals surface area (Å²) in [5.74, 6) is -7.60. The first-order valence-electron chi connectivity index (χ1n) is 5.90. The fraction of sp³-hybridized carbons (Fsp3) is 0. The van der Waals surface area contributed by atoms with Crippen LogP contribution in [0.25, 0.3) is 0 Å². The number of phenolic OH excluding ortho intramolecular Hbond substituents is 6. The van der Waals surface area contributed by atoms with Crippen molar-refractivity contribution in [3.63, 3.8) is 0 Å². The molecule has 0 radical (unpaired) electrons. The highest BCUT2D eigenvalue weighted by Crippen LogP contribution is 2.48. The highest BCUT2D eigenvalue weighted by Gasteiger charge is 2.38. The number of benzene rings is 2. The Morgan fingerprint density at radius 1 is 0.545 bits per heavy atom. The molecule has 0 aromatic heterocycles. The summed E-state index contributed by atoms with van der Waals surface area (Å²) in [5.41, 5.74) is -2.05. The summed E-state index contributed by atoms with van der Waals surface area (Å²) in [6, 6.07) is 1.57. The quantitative estimate of drug-likeness (QED) is 0.331. The van der Waals surface area contributed by atoms with Gasteiger partial charge in [-0.05, 0) is 12.1 Å². The van der Waals surface area contributed by atoms with Crippen LogP contribution in [0.3, 0.4) is 0 Å². The minimum atomic E-state index is -1.05. The molecule has 0 unspecified atom stereocenters. The summed E-state index contributed by atoms with van der Waals surface area (Å²) >= 11 is 0. The first kappa shape index (κ1) is 13.6. The van der Waals surface area contributed by atoms with Crippen LogP contribution in [0.4, 0.5) is 0 Å². The van der Waals surface area contributed by atoms with E-state index in [1.54, 1.807) is 0 Å². The first-order valence-corrected chi connectivity index (χ1v) is 5.90. The molecule has 0 aliphatic heterocycles. The van der Waals surface area contributed by atoms with Crippen LogP contribution in [0.2, 0.25) is 0 Å². The third-order valence-corrected chi connectivity index (χ3v) is 3.45. The second-order valence-electron chi connectivity index (χ2n) is 4.69. The van der Waals surface area contributed by atoms with Gasteiger partial charge >= 0.3 is 0 Å². The van der Waals surface area contributed by atoms with Crippen LogP contribution in [0.15, 0.2) is 12.1 Å². The fourth-order valence-corrected chi connectivity index (χ4v) is 2.38. The van der Waals surface area contributed by atoms with E-state index in [0.717, 1.165) is 12.1 Å². The molecule has 1 aliphatic rings. The Morgan fingerprint density at radius 2 is 0.909 bits per heavy atom. The van der Waals surface area contributed by atoms with Gasteiger partial charge in [-0.2, -0.15) is 0 Å². The molecule has 2 aromatic rings. The molecule has 1 aliphatic carbocycles. The van der Waals surface area contributed by atoms with Gasteiger partial charge in [0.2, 0.25) is 17.3 Å². The van der Waals surface area contributed by atoms with Gasteiger partial charge in [0.15, 0.2) is 28.8 Å². The van der Waals surface area contributed by atoms with E-state index in [4.69, 9.17) is 0 Å². The van der Waals surface area contributed by atoms with Gasteiger partial charge in [0.05, 0.1) is 11.1 Å². The van der Waals surface area contributed by atoms with Crippen LogP contribution >= 0.6 is 0 Å². The summed E-state index contributed by atoms with van der Waals surface area (Å²) in [4.78, 5) is 24.7. The van der Waals surface area contributed by atoms with Crippen molar-refractivity contribution in [2.75, 3.05) is 0 Å². The van der Waals surface area contributed by atoms with E-state index in [-0.39, 0.29) is 0 Å². The Morgan fingerprint density at radius 3 is 1.27 bits per heavy atom. The summed E-state index contributed by atoms with van der Waals surface area (Å²) in [5, 5.41) is 57.4. The molecular formula is C14H8O8. The van der Waals surface area contributed by atoms with E-state index in [1.807, 2.05) is 0 Å². The zero-order valence-electron chi connectivity index (χ0n) is 10.7. The molecule has 0 fully saturated rings. The largest absolute Gasteiger partial charge is 0.504 e. The van der Waals surface area contributed by atoms with Crippen LogP contribution in [0, 0.1) is 0 Å². The Balaban J connectivity index is 2.43. The molecule has 0 saturated carbocycles. The molecule has 0 bridgehead atoms. The van der Waals surface area contributed by atoms with Crippen LogP contribution in [-0.2, 0) is 0 Å². The summed E-state index contributed by atoms with van der Waals surface area (Å²) in [6.45, 7) is 0. The SMILES string of the molecule is O=C1c2cc(O)c(O)c(O)c2C(=O)c2c1cc(O)c(O)c2O. The maximum atomic E-state index is 12.4. The standard InChI is InChI=1S/C14H8O8/c15-5-1-3-7(13(21)10(5)18)12(20)8-4(9(3)17)2-6(16)11(19)14(8)22/h1-2,15-16,18-19,21-22H. The second kappa shape index (κ2) is 4.04. The average molecular weight is 304 g/mol. The van der Waals surface area contributed by atoms with Gasteiger partial charge < -0.3 is 30.6 Å². The first-order chi connectivity index (χ1) is 10.3. The van der Waals surface area contributed by atoms with Gasteiger partial charge in [-0.25, -0.2) is 0 Å². The van der Waals surface area contributed by atoms with Crippen molar-refractivity contribution in [1.82, 2.24) is 0 Å². The molecule has 2 aromatic carbocycles. The van der Waals surface area contributed by atoms with Crippen molar-refractivity contribution in [1.29, 1.82) is 0 Å². The molecule has 8 nitrogen and oxygen atoms in total. The lowest BCUT2D eigenvalue weighted by Crippen LogP contribution is -2.21. The van der Waals surface area contributed by atoms with Crippen LogP contribution < -0.4 is 0 Å². The van der Waals surface area contributed by atoms with Crippen LogP contribution in [0.1, 0.15) is 31.8 Å². The highest BCUT2D eigenvalue weighted by atomic mass is 16.3. The minimum absolute atomic E-state index is 0.408. The molecule has 0 atom stereocenters. The number of carbonyl (C=O) groups is 2. The number of aromatic hydroxyl groups is 6. The van der Waals surface area contributed by atoms with Gasteiger partial charge in [-0.1, -0.05) is 0 Å². The predicted octanol–water partition coefficient (Wildman–Crippen LogP) is 0.696. The maximum absolute atomic E-state index is 12.4. The fourth-order valence-electron chi connectivity index (χ4n) is 2.38. The lowest BCUT2D eigenvalue weighted by atomic mass is 9.82. The van der Waals surface area contributed by atoms with Gasteiger partial charge in [0.1, 0.15) is 0 Å². The number of fused-ring (bicyclic) bond motifs is 2. The molecule has 112 valence electrons. The lowest BCUT2D eigenvalue weighted by molar-refractivity contribution is 0.0972. The topological polar surface area (TPSA) is 156 Å². The third-order valence-electron chi connectivity index (χ3n) is 3.45. The molecule has 0 amide bonds. The van der Waals surface area contributed by atoms with Crippen molar-refractivity contribution >= 4 is 11.6 Å². The van der Waals surface area contributed by atoms with Crippen molar-refractivity contribution in [3.8, 4) is 34.5 Å². The summed E-state index contributed by atoms with van der Waals surface area (Å²) in [7, 11) is 0. The van der Waals surface area contributed by atoms with E-state index in [0.29, 0.717) is 0 Å². The van der Waals surface area contributed by atoms with Gasteiger partial charge in [0.25, 0.3) is 0 Å². The Labute approximate surface area is 121 Å². The molecule has 8 heteroatoms. The van der Waals surface area contributed by atoms with Gasteiger partial charge in [-0.15, -0.1) is 0 Å². The number of rotatable bonds is 0. The van der Waals surface area contributed by atoms with E-state index in [2.05, 4.69) is 0 Å². The molecule has 3 rings (SSSR count). The second-order valence-corrected chi connectivity index (χ2v) is 4.69. The smallest absolute Gasteiger partial charge is 0.202 e. The molecule has 6 N–H and O–H groups in total. The molecule has 0 spiro atoms. The number of carbonyl (C=O) groups excluding carboxylic acids is 2. The normalized spacial score (nSPS) is 12.9. The molecule has 0 saturated heterocycles. The van der Waals surface area contributed by atoms with Crippen molar-refractivity contribution in [3.05, 3.63) is 34.4 Å². The molecule has 22 heavy (non-hydrogen) atoms. The molecule has 0 heterocycles. The highest BCUT2D eigenvalue weighted by molar-refractivity contribution is 6.31. The Hall–Kier alpha value is -3.42. The Kier molecular flexibility index (Phi) is 2.49. The van der Waals surface area contributed by atoms with Crippen molar-refractivity contribution < 1.29 is 40.2 Å². The predicted molar refractivity (Wildman–Crippen MR) is 69.7 cm³/mol. The van der Waals surface area contributed by atoms with E-state index in [9.17, 15) is 40.2 Å². The van der Waals surface area contributed by atoms with Crippen LogP contribution in [0.5, 0.6) is 34.5 Å². The van der Waals surface area contributed by atoms with Crippen molar-refractivity contribution in [2.24, 2.45) is 0 Å². The average Bonchev–Trinajstić information content (AvgIpc) is 2.47. The van der Waals surface area contributed by atoms with E-state index >= 15 is 0 Å². The summed E-state index contributed by atoms with van der Waals surface area (Å²) in [6.07, 6.45) is 0. The third kappa shape index (κ3) is 1.46.